The van der Waals surface area contributed by atoms with Crippen molar-refractivity contribution in [1.29, 1.82) is 0 Å². The summed E-state index contributed by atoms with van der Waals surface area (Å²) in [6.45, 7) is 1.97. The second-order valence-corrected chi connectivity index (χ2v) is 3.91. The Labute approximate surface area is 111 Å². The molecule has 6 heteroatoms. The molecule has 0 fully saturated rings. The predicted molar refractivity (Wildman–Crippen MR) is 72.8 cm³/mol. The van der Waals surface area contributed by atoms with Gasteiger partial charge in [0.15, 0.2) is 0 Å². The lowest BCUT2D eigenvalue weighted by Crippen LogP contribution is -2.36. The second kappa shape index (κ2) is 7.01. The fraction of sp³-hybridized carbons (Fsp3) is 0.308. The van der Waals surface area contributed by atoms with Gasteiger partial charge in [-0.15, -0.1) is 6.42 Å². The molecule has 1 aromatic carbocycles. The number of nitrogens with zero attached hydrogens (tertiary/aromatic N) is 1. The predicted octanol–water partition coefficient (Wildman–Crippen LogP) is 2.52. The number of hydrogen-bond donors (Lipinski definition) is 2. The van der Waals surface area contributed by atoms with Crippen molar-refractivity contribution >= 4 is 17.4 Å². The Balaban J connectivity index is 2.57. The van der Waals surface area contributed by atoms with Gasteiger partial charge in [0, 0.05) is 17.8 Å². The van der Waals surface area contributed by atoms with E-state index in [-0.39, 0.29) is 11.7 Å². The van der Waals surface area contributed by atoms with E-state index in [0.717, 1.165) is 6.42 Å². The smallest absolute Gasteiger partial charge is 0.320 e. The monoisotopic (exact) mass is 261 g/mol. The lowest BCUT2D eigenvalue weighted by atomic mass is 10.2. The van der Waals surface area contributed by atoms with Crippen LogP contribution in [0.25, 0.3) is 0 Å². The maximum absolute atomic E-state index is 11.6. The molecule has 1 aromatic rings. The Morgan fingerprint density at radius 3 is 2.58 bits per heavy atom. The van der Waals surface area contributed by atoms with Crippen molar-refractivity contribution in [2.45, 2.75) is 25.8 Å². The third kappa shape index (κ3) is 4.68. The fourth-order valence-electron chi connectivity index (χ4n) is 1.48. The summed E-state index contributed by atoms with van der Waals surface area (Å²) in [6, 6.07) is 4.82. The van der Waals surface area contributed by atoms with Gasteiger partial charge in [-0.1, -0.05) is 19.3 Å². The van der Waals surface area contributed by atoms with Crippen LogP contribution in [-0.2, 0) is 0 Å². The van der Waals surface area contributed by atoms with Crippen molar-refractivity contribution in [1.82, 2.24) is 5.32 Å². The highest BCUT2D eigenvalue weighted by atomic mass is 16.6. The summed E-state index contributed by atoms with van der Waals surface area (Å²) in [5.74, 6) is 2.48. The zero-order chi connectivity index (χ0) is 14.3. The fourth-order valence-corrected chi connectivity index (χ4v) is 1.48. The number of terminal acetylenes is 1. The van der Waals surface area contributed by atoms with Crippen molar-refractivity contribution in [2.75, 3.05) is 5.32 Å². The van der Waals surface area contributed by atoms with Gasteiger partial charge < -0.3 is 10.6 Å². The van der Waals surface area contributed by atoms with Crippen molar-refractivity contribution in [2.24, 2.45) is 0 Å². The number of nitro groups is 1. The molecule has 0 aliphatic heterocycles. The van der Waals surface area contributed by atoms with Crippen molar-refractivity contribution < 1.29 is 9.72 Å². The van der Waals surface area contributed by atoms with E-state index < -0.39 is 11.0 Å². The molecule has 0 aliphatic rings. The first-order chi connectivity index (χ1) is 9.06. The number of benzene rings is 1. The minimum absolute atomic E-state index is 0.0292. The molecule has 1 atom stereocenters. The van der Waals surface area contributed by atoms with Crippen molar-refractivity contribution in [3.63, 3.8) is 0 Å². The van der Waals surface area contributed by atoms with Crippen LogP contribution in [0.15, 0.2) is 24.3 Å². The van der Waals surface area contributed by atoms with Crippen LogP contribution in [0.1, 0.15) is 19.8 Å². The molecular formula is C13H15N3O3. The summed E-state index contributed by atoms with van der Waals surface area (Å²) >= 11 is 0. The molecule has 2 N–H and O–H groups in total. The molecule has 19 heavy (non-hydrogen) atoms. The number of rotatable bonds is 5. The Hall–Kier alpha value is -2.55. The van der Waals surface area contributed by atoms with E-state index in [9.17, 15) is 14.9 Å². The van der Waals surface area contributed by atoms with Crippen LogP contribution in [0.2, 0.25) is 0 Å². The molecule has 0 radical (unpaired) electrons. The maximum atomic E-state index is 11.6. The van der Waals surface area contributed by atoms with Gasteiger partial charge in [-0.3, -0.25) is 10.1 Å². The van der Waals surface area contributed by atoms with E-state index in [1.165, 1.54) is 24.3 Å². The molecule has 0 aromatic heterocycles. The molecule has 0 saturated heterocycles. The molecule has 0 spiro atoms. The molecule has 0 aliphatic carbocycles. The van der Waals surface area contributed by atoms with Crippen LogP contribution in [0.5, 0.6) is 0 Å². The average Bonchev–Trinajstić information content (AvgIpc) is 2.38. The molecule has 0 heterocycles. The van der Waals surface area contributed by atoms with Crippen LogP contribution in [0.3, 0.4) is 0 Å². The molecule has 0 bridgehead atoms. The lowest BCUT2D eigenvalue weighted by molar-refractivity contribution is -0.384. The van der Waals surface area contributed by atoms with E-state index in [0.29, 0.717) is 12.1 Å². The van der Waals surface area contributed by atoms with E-state index >= 15 is 0 Å². The molecule has 0 saturated carbocycles. The molecule has 6 nitrogen and oxygen atoms in total. The highest BCUT2D eigenvalue weighted by Crippen LogP contribution is 2.15. The van der Waals surface area contributed by atoms with Gasteiger partial charge in [0.25, 0.3) is 5.69 Å². The maximum Gasteiger partial charge on any atom is 0.320 e. The Bertz CT molecular complexity index is 491. The summed E-state index contributed by atoms with van der Waals surface area (Å²) < 4.78 is 0. The molecule has 100 valence electrons. The first-order valence-electron chi connectivity index (χ1n) is 5.85. The van der Waals surface area contributed by atoms with Gasteiger partial charge in [0.2, 0.25) is 0 Å². The Morgan fingerprint density at radius 1 is 1.47 bits per heavy atom. The number of non-ortho nitro benzene ring substituents is 1. The van der Waals surface area contributed by atoms with E-state index in [1.54, 1.807) is 0 Å². The van der Waals surface area contributed by atoms with Gasteiger partial charge in [-0.25, -0.2) is 4.79 Å². The number of urea groups is 1. The van der Waals surface area contributed by atoms with Crippen LogP contribution >= 0.6 is 0 Å². The minimum atomic E-state index is -0.501. The number of nitrogens with one attached hydrogen (secondary N) is 2. The standard InChI is InChI=1S/C13H15N3O3/c1-3-5-10(4-2)14-13(17)15-11-6-8-12(9-7-11)16(18)19/h2,6-10H,3,5H2,1H3,(H2,14,15,17). The first-order valence-corrected chi connectivity index (χ1v) is 5.85. The van der Waals surface area contributed by atoms with Gasteiger partial charge in [0.1, 0.15) is 0 Å². The minimum Gasteiger partial charge on any atom is -0.324 e. The third-order valence-corrected chi connectivity index (χ3v) is 2.42. The van der Waals surface area contributed by atoms with Gasteiger partial charge >= 0.3 is 6.03 Å². The Morgan fingerprint density at radius 2 is 2.11 bits per heavy atom. The van der Waals surface area contributed by atoms with Gasteiger partial charge in [0.05, 0.1) is 11.0 Å². The van der Waals surface area contributed by atoms with Gasteiger partial charge in [-0.2, -0.15) is 0 Å². The van der Waals surface area contributed by atoms with E-state index in [2.05, 4.69) is 16.6 Å². The molecule has 1 rings (SSSR count). The summed E-state index contributed by atoms with van der Waals surface area (Å²) in [4.78, 5) is 21.6. The summed E-state index contributed by atoms with van der Waals surface area (Å²) in [5.41, 5.74) is 0.439. The number of hydrogen-bond acceptors (Lipinski definition) is 3. The number of carbonyl (C=O) groups excluding carboxylic acids is 1. The van der Waals surface area contributed by atoms with Crippen LogP contribution < -0.4 is 10.6 Å². The molecular weight excluding hydrogens is 246 g/mol. The largest absolute Gasteiger partial charge is 0.324 e. The second-order valence-electron chi connectivity index (χ2n) is 3.91. The summed E-state index contributed by atoms with van der Waals surface area (Å²) in [6.07, 6.45) is 6.85. The SMILES string of the molecule is C#CC(CCC)NC(=O)Nc1ccc([N+](=O)[O-])cc1. The third-order valence-electron chi connectivity index (χ3n) is 2.42. The zero-order valence-corrected chi connectivity index (χ0v) is 10.6. The van der Waals surface area contributed by atoms with E-state index in [4.69, 9.17) is 6.42 Å². The highest BCUT2D eigenvalue weighted by molar-refractivity contribution is 5.89. The number of carbonyl (C=O) groups is 1. The Kier molecular flexibility index (Phi) is 5.35. The van der Waals surface area contributed by atoms with E-state index in [1.807, 2.05) is 6.92 Å². The van der Waals surface area contributed by atoms with Crippen LogP contribution in [0, 0.1) is 22.5 Å². The van der Waals surface area contributed by atoms with Crippen LogP contribution in [0.4, 0.5) is 16.2 Å². The number of amides is 2. The lowest BCUT2D eigenvalue weighted by Gasteiger charge is -2.12. The van der Waals surface area contributed by atoms with Crippen molar-refractivity contribution in [3.05, 3.63) is 34.4 Å². The molecule has 2 amide bonds. The molecule has 1 unspecified atom stereocenters. The van der Waals surface area contributed by atoms with Gasteiger partial charge in [-0.05, 0) is 18.6 Å². The van der Waals surface area contributed by atoms with Crippen LogP contribution in [-0.4, -0.2) is 17.0 Å². The quantitative estimate of drug-likeness (QED) is 0.485. The summed E-state index contributed by atoms with van der Waals surface area (Å²) in [5, 5.41) is 15.7. The average molecular weight is 261 g/mol. The highest BCUT2D eigenvalue weighted by Gasteiger charge is 2.09. The first kappa shape index (κ1) is 14.5. The normalized spacial score (nSPS) is 11.2. The van der Waals surface area contributed by atoms with Crippen molar-refractivity contribution in [3.8, 4) is 12.3 Å². The topological polar surface area (TPSA) is 84.3 Å². The zero-order valence-electron chi connectivity index (χ0n) is 10.6. The number of anilines is 1. The summed E-state index contributed by atoms with van der Waals surface area (Å²) in [7, 11) is 0. The number of nitro benzene ring substituents is 1.